The average molecular weight is 292 g/mol. The molecule has 1 aromatic heterocycles. The van der Waals surface area contributed by atoms with Crippen LogP contribution < -0.4 is 4.90 Å². The van der Waals surface area contributed by atoms with Gasteiger partial charge in [-0.2, -0.15) is 0 Å². The van der Waals surface area contributed by atoms with Crippen LogP contribution in [0.4, 0.5) is 15.9 Å². The number of rotatable bonds is 3. The van der Waals surface area contributed by atoms with E-state index in [1.54, 1.807) is 18.3 Å². The van der Waals surface area contributed by atoms with E-state index in [-0.39, 0.29) is 11.7 Å². The number of para-hydroxylation sites is 1. The highest BCUT2D eigenvalue weighted by Crippen LogP contribution is 2.25. The standard InChI is InChI=1S/C18H13FN2O/c19-15-11-9-14(10-12-15)18(22)21(16-6-2-1-3-7-16)17-8-4-5-13-20-17/h1-13H. The molecule has 0 N–H and O–H groups in total. The van der Waals surface area contributed by atoms with Crippen molar-refractivity contribution in [2.24, 2.45) is 0 Å². The molecular formula is C18H13FN2O. The number of carbonyl (C=O) groups is 1. The Morgan fingerprint density at radius 3 is 2.18 bits per heavy atom. The first-order chi connectivity index (χ1) is 10.8. The molecule has 3 rings (SSSR count). The molecule has 2 aromatic carbocycles. The predicted molar refractivity (Wildman–Crippen MR) is 83.5 cm³/mol. The maximum atomic E-state index is 13.1. The highest BCUT2D eigenvalue weighted by molar-refractivity contribution is 6.10. The topological polar surface area (TPSA) is 33.2 Å². The molecule has 0 unspecified atom stereocenters. The molecule has 1 amide bonds. The number of carbonyl (C=O) groups excluding carboxylic acids is 1. The van der Waals surface area contributed by atoms with Gasteiger partial charge in [-0.05, 0) is 48.5 Å². The Labute approximate surface area is 127 Å². The van der Waals surface area contributed by atoms with Gasteiger partial charge >= 0.3 is 0 Å². The van der Waals surface area contributed by atoms with Crippen molar-refractivity contribution in [3.8, 4) is 0 Å². The fourth-order valence-corrected chi connectivity index (χ4v) is 2.14. The number of nitrogens with zero attached hydrogens (tertiary/aromatic N) is 2. The first kappa shape index (κ1) is 13.9. The zero-order chi connectivity index (χ0) is 15.4. The van der Waals surface area contributed by atoms with E-state index in [0.29, 0.717) is 17.1 Å². The Bertz CT molecular complexity index is 719. The molecule has 0 fully saturated rings. The number of hydrogen-bond acceptors (Lipinski definition) is 2. The molecule has 22 heavy (non-hydrogen) atoms. The minimum atomic E-state index is -0.374. The molecule has 0 aliphatic carbocycles. The normalized spacial score (nSPS) is 10.2. The Kier molecular flexibility index (Phi) is 3.92. The van der Waals surface area contributed by atoms with Gasteiger partial charge in [0.1, 0.15) is 11.6 Å². The summed E-state index contributed by atoms with van der Waals surface area (Å²) in [5.74, 6) is -0.117. The molecule has 0 saturated carbocycles. The molecule has 0 bridgehead atoms. The van der Waals surface area contributed by atoms with Crippen LogP contribution in [0.25, 0.3) is 0 Å². The second kappa shape index (κ2) is 6.18. The summed E-state index contributed by atoms with van der Waals surface area (Å²) in [5.41, 5.74) is 1.10. The second-order valence-electron chi connectivity index (χ2n) is 4.67. The van der Waals surface area contributed by atoms with E-state index in [4.69, 9.17) is 0 Å². The zero-order valence-electron chi connectivity index (χ0n) is 11.7. The van der Waals surface area contributed by atoms with Crippen LogP contribution >= 0.6 is 0 Å². The molecule has 3 aromatic rings. The number of anilines is 2. The van der Waals surface area contributed by atoms with Crippen LogP contribution in [0.15, 0.2) is 79.0 Å². The van der Waals surface area contributed by atoms with Crippen LogP contribution in [0.5, 0.6) is 0 Å². The summed E-state index contributed by atoms with van der Waals surface area (Å²) in [5, 5.41) is 0. The lowest BCUT2D eigenvalue weighted by atomic mass is 10.1. The smallest absolute Gasteiger partial charge is 0.264 e. The minimum Gasteiger partial charge on any atom is -0.268 e. The Hall–Kier alpha value is -3.01. The number of benzene rings is 2. The van der Waals surface area contributed by atoms with Gasteiger partial charge in [0.25, 0.3) is 5.91 Å². The zero-order valence-corrected chi connectivity index (χ0v) is 11.7. The molecule has 0 spiro atoms. The maximum Gasteiger partial charge on any atom is 0.264 e. The summed E-state index contributed by atoms with van der Waals surface area (Å²) in [7, 11) is 0. The van der Waals surface area contributed by atoms with Crippen molar-refractivity contribution < 1.29 is 9.18 Å². The Morgan fingerprint density at radius 1 is 0.864 bits per heavy atom. The third-order valence-corrected chi connectivity index (χ3v) is 3.19. The lowest BCUT2D eigenvalue weighted by Gasteiger charge is -2.21. The first-order valence-electron chi connectivity index (χ1n) is 6.82. The van der Waals surface area contributed by atoms with Crippen LogP contribution in [0.3, 0.4) is 0 Å². The van der Waals surface area contributed by atoms with Crippen LogP contribution in [-0.2, 0) is 0 Å². The average Bonchev–Trinajstić information content (AvgIpc) is 2.57. The molecule has 1 heterocycles. The number of halogens is 1. The van der Waals surface area contributed by atoms with E-state index >= 15 is 0 Å². The Balaban J connectivity index is 2.06. The number of aromatic nitrogens is 1. The largest absolute Gasteiger partial charge is 0.268 e. The van der Waals surface area contributed by atoms with Crippen molar-refractivity contribution in [3.63, 3.8) is 0 Å². The monoisotopic (exact) mass is 292 g/mol. The molecular weight excluding hydrogens is 279 g/mol. The van der Waals surface area contributed by atoms with Crippen molar-refractivity contribution >= 4 is 17.4 Å². The Morgan fingerprint density at radius 2 is 1.55 bits per heavy atom. The van der Waals surface area contributed by atoms with Gasteiger partial charge in [0.15, 0.2) is 0 Å². The summed E-state index contributed by atoms with van der Waals surface area (Å²) in [4.78, 5) is 18.6. The van der Waals surface area contributed by atoms with E-state index in [9.17, 15) is 9.18 Å². The SMILES string of the molecule is O=C(c1ccc(F)cc1)N(c1ccccc1)c1ccccn1. The van der Waals surface area contributed by atoms with E-state index in [2.05, 4.69) is 4.98 Å². The number of amides is 1. The van der Waals surface area contributed by atoms with Crippen LogP contribution in [-0.4, -0.2) is 10.9 Å². The highest BCUT2D eigenvalue weighted by atomic mass is 19.1. The molecule has 0 aliphatic rings. The highest BCUT2D eigenvalue weighted by Gasteiger charge is 2.20. The maximum absolute atomic E-state index is 13.1. The van der Waals surface area contributed by atoms with Crippen molar-refractivity contribution in [1.29, 1.82) is 0 Å². The van der Waals surface area contributed by atoms with Crippen molar-refractivity contribution in [2.45, 2.75) is 0 Å². The lowest BCUT2D eigenvalue weighted by Crippen LogP contribution is -2.26. The quantitative estimate of drug-likeness (QED) is 0.725. The van der Waals surface area contributed by atoms with E-state index < -0.39 is 0 Å². The van der Waals surface area contributed by atoms with E-state index in [0.717, 1.165) is 0 Å². The van der Waals surface area contributed by atoms with Crippen molar-refractivity contribution in [1.82, 2.24) is 4.98 Å². The van der Waals surface area contributed by atoms with Crippen molar-refractivity contribution in [2.75, 3.05) is 4.90 Å². The molecule has 0 atom stereocenters. The summed E-state index contributed by atoms with van der Waals surface area (Å²) < 4.78 is 13.1. The fourth-order valence-electron chi connectivity index (χ4n) is 2.14. The fraction of sp³-hybridized carbons (Fsp3) is 0. The predicted octanol–water partition coefficient (Wildman–Crippen LogP) is 4.20. The molecule has 4 heteroatoms. The molecule has 0 radical (unpaired) electrons. The van der Waals surface area contributed by atoms with Gasteiger partial charge in [-0.25, -0.2) is 9.37 Å². The van der Waals surface area contributed by atoms with E-state index in [1.165, 1.54) is 29.2 Å². The summed E-state index contributed by atoms with van der Waals surface area (Å²) in [6.07, 6.45) is 1.63. The molecule has 3 nitrogen and oxygen atoms in total. The molecule has 0 aliphatic heterocycles. The van der Waals surface area contributed by atoms with Gasteiger partial charge in [0.2, 0.25) is 0 Å². The minimum absolute atomic E-state index is 0.259. The third kappa shape index (κ3) is 2.86. The van der Waals surface area contributed by atoms with Gasteiger partial charge in [0.05, 0.1) is 5.69 Å². The van der Waals surface area contributed by atoms with Gasteiger partial charge in [-0.1, -0.05) is 24.3 Å². The molecule has 0 saturated heterocycles. The van der Waals surface area contributed by atoms with Gasteiger partial charge in [-0.15, -0.1) is 0 Å². The van der Waals surface area contributed by atoms with Gasteiger partial charge < -0.3 is 0 Å². The summed E-state index contributed by atoms with van der Waals surface area (Å²) >= 11 is 0. The van der Waals surface area contributed by atoms with Crippen molar-refractivity contribution in [3.05, 3.63) is 90.4 Å². The summed E-state index contributed by atoms with van der Waals surface area (Å²) in [6, 6.07) is 20.1. The van der Waals surface area contributed by atoms with Gasteiger partial charge in [-0.3, -0.25) is 9.69 Å². The van der Waals surface area contributed by atoms with Crippen LogP contribution in [0.2, 0.25) is 0 Å². The second-order valence-corrected chi connectivity index (χ2v) is 4.67. The lowest BCUT2D eigenvalue weighted by molar-refractivity contribution is 0.0998. The van der Waals surface area contributed by atoms with E-state index in [1.807, 2.05) is 36.4 Å². The first-order valence-corrected chi connectivity index (χ1v) is 6.82. The van der Waals surface area contributed by atoms with Crippen LogP contribution in [0, 0.1) is 5.82 Å². The van der Waals surface area contributed by atoms with Crippen LogP contribution in [0.1, 0.15) is 10.4 Å². The summed E-state index contributed by atoms with van der Waals surface area (Å²) in [6.45, 7) is 0. The molecule has 108 valence electrons. The number of pyridine rings is 1. The van der Waals surface area contributed by atoms with Gasteiger partial charge in [0, 0.05) is 11.8 Å². The third-order valence-electron chi connectivity index (χ3n) is 3.19. The number of hydrogen-bond donors (Lipinski definition) is 0.